The second kappa shape index (κ2) is 14.7. The Kier molecular flexibility index (Phi) is 9.99. The average molecular weight is 666 g/mol. The van der Waals surface area contributed by atoms with Gasteiger partial charge in [-0.1, -0.05) is 103 Å². The van der Waals surface area contributed by atoms with Gasteiger partial charge in [0.1, 0.15) is 25.1 Å². The monoisotopic (exact) mass is 665 g/mol. The number of halogens is 3. The lowest BCUT2D eigenvalue weighted by Crippen LogP contribution is -2.31. The molecule has 0 aliphatic carbocycles. The summed E-state index contributed by atoms with van der Waals surface area (Å²) in [6, 6.07) is 36.2. The van der Waals surface area contributed by atoms with E-state index in [0.29, 0.717) is 22.4 Å². The summed E-state index contributed by atoms with van der Waals surface area (Å²) in [5.74, 6) is -0.0496. The Labute approximate surface area is 282 Å². The van der Waals surface area contributed by atoms with E-state index in [4.69, 9.17) is 14.2 Å². The summed E-state index contributed by atoms with van der Waals surface area (Å²) in [6.07, 6.45) is -5.89. The van der Waals surface area contributed by atoms with Gasteiger partial charge >= 0.3 is 18.2 Å². The van der Waals surface area contributed by atoms with Crippen molar-refractivity contribution in [3.05, 3.63) is 161 Å². The lowest BCUT2D eigenvalue weighted by Gasteiger charge is -2.24. The van der Waals surface area contributed by atoms with Crippen LogP contribution in [0.5, 0.6) is 5.75 Å². The number of rotatable bonds is 11. The summed E-state index contributed by atoms with van der Waals surface area (Å²) < 4.78 is 59.6. The van der Waals surface area contributed by atoms with Crippen LogP contribution in [0.2, 0.25) is 0 Å². The molecule has 0 spiro atoms. The molecule has 0 bridgehead atoms. The molecule has 6 rings (SSSR count). The van der Waals surface area contributed by atoms with Gasteiger partial charge in [-0.25, -0.2) is 4.79 Å². The first-order valence-corrected chi connectivity index (χ1v) is 15.9. The predicted molar refractivity (Wildman–Crippen MR) is 178 cm³/mol. The van der Waals surface area contributed by atoms with Crippen LogP contribution >= 0.6 is 0 Å². The minimum atomic E-state index is -4.62. The lowest BCUT2D eigenvalue weighted by atomic mass is 9.93. The van der Waals surface area contributed by atoms with Gasteiger partial charge in [0.25, 0.3) is 0 Å². The fourth-order valence-corrected chi connectivity index (χ4v) is 5.86. The number of benzene rings is 5. The first-order valence-electron chi connectivity index (χ1n) is 15.9. The molecular formula is C40H34F3NO5. The van der Waals surface area contributed by atoms with Crippen LogP contribution in [0.1, 0.15) is 46.4 Å². The van der Waals surface area contributed by atoms with Gasteiger partial charge in [0.05, 0.1) is 24.6 Å². The SMILES string of the molecule is CC1C(c2ccccc2)OC(=O)N1Cc1cc(C(F)(F)F)ccc1-c1cc(CC(=O)OCc2ccccc2)ccc1OCc1ccccc1. The summed E-state index contributed by atoms with van der Waals surface area (Å²) >= 11 is 0. The zero-order valence-corrected chi connectivity index (χ0v) is 26.7. The van der Waals surface area contributed by atoms with E-state index < -0.39 is 35.9 Å². The Bertz CT molecular complexity index is 1900. The van der Waals surface area contributed by atoms with Crippen molar-refractivity contribution in [1.29, 1.82) is 0 Å². The Hall–Kier alpha value is -5.57. The van der Waals surface area contributed by atoms with Crippen LogP contribution in [0.15, 0.2) is 127 Å². The van der Waals surface area contributed by atoms with Gasteiger partial charge in [-0.2, -0.15) is 13.2 Å². The van der Waals surface area contributed by atoms with Crippen molar-refractivity contribution >= 4 is 12.1 Å². The second-order valence-electron chi connectivity index (χ2n) is 11.9. The van der Waals surface area contributed by atoms with E-state index in [2.05, 4.69) is 0 Å². The normalized spacial score (nSPS) is 15.9. The molecule has 6 nitrogen and oxygen atoms in total. The maximum absolute atomic E-state index is 14.1. The summed E-state index contributed by atoms with van der Waals surface area (Å²) in [5, 5.41) is 0. The number of carbonyl (C=O) groups is 2. The molecule has 1 heterocycles. The Morgan fingerprint density at radius 3 is 2.04 bits per heavy atom. The minimum Gasteiger partial charge on any atom is -0.488 e. The number of alkyl halides is 3. The number of hydrogen-bond acceptors (Lipinski definition) is 5. The molecule has 0 saturated carbocycles. The zero-order valence-electron chi connectivity index (χ0n) is 26.7. The average Bonchev–Trinajstić information content (AvgIpc) is 3.39. The van der Waals surface area contributed by atoms with E-state index in [0.717, 1.165) is 28.8 Å². The number of nitrogens with zero attached hydrogens (tertiary/aromatic N) is 1. The van der Waals surface area contributed by atoms with Gasteiger partial charge in [-0.05, 0) is 64.6 Å². The maximum Gasteiger partial charge on any atom is 0.416 e. The van der Waals surface area contributed by atoms with Gasteiger partial charge in [-0.15, -0.1) is 0 Å². The van der Waals surface area contributed by atoms with E-state index in [1.165, 1.54) is 11.0 Å². The van der Waals surface area contributed by atoms with Crippen LogP contribution in [-0.2, 0) is 46.6 Å². The highest BCUT2D eigenvalue weighted by molar-refractivity contribution is 5.78. The minimum absolute atomic E-state index is 0.0665. The largest absolute Gasteiger partial charge is 0.488 e. The summed E-state index contributed by atoms with van der Waals surface area (Å²) in [6.45, 7) is 1.98. The van der Waals surface area contributed by atoms with Crippen LogP contribution in [0.4, 0.5) is 18.0 Å². The van der Waals surface area contributed by atoms with Crippen molar-refractivity contribution in [3.8, 4) is 16.9 Å². The third-order valence-corrected chi connectivity index (χ3v) is 8.46. The third kappa shape index (κ3) is 8.12. The maximum atomic E-state index is 14.1. The van der Waals surface area contributed by atoms with Crippen LogP contribution in [0.25, 0.3) is 11.1 Å². The molecule has 0 radical (unpaired) electrons. The third-order valence-electron chi connectivity index (χ3n) is 8.46. The van der Waals surface area contributed by atoms with Gasteiger partial charge < -0.3 is 14.2 Å². The van der Waals surface area contributed by atoms with Crippen LogP contribution in [0, 0.1) is 0 Å². The highest BCUT2D eigenvalue weighted by Crippen LogP contribution is 2.40. The number of carbonyl (C=O) groups excluding carboxylic acids is 2. The Balaban J connectivity index is 1.35. The molecule has 1 aliphatic heterocycles. The molecule has 2 atom stereocenters. The standard InChI is InChI=1S/C40H34F3NO5/c1-27-38(31-15-9-4-10-16-31)49-39(46)44(27)24-32-23-33(40(41,42)43)18-19-34(32)35-21-30(22-37(45)48-26-29-13-7-3-8-14-29)17-20-36(35)47-25-28-11-5-2-6-12-28/h2-21,23,27,38H,22,24-26H2,1H3. The molecule has 1 saturated heterocycles. The summed E-state index contributed by atoms with van der Waals surface area (Å²) in [4.78, 5) is 27.5. The molecule has 0 N–H and O–H groups in total. The summed E-state index contributed by atoms with van der Waals surface area (Å²) in [5.41, 5.74) is 3.43. The van der Waals surface area contributed by atoms with Gasteiger partial charge in [0, 0.05) is 5.56 Å². The fraction of sp³-hybridized carbons (Fsp3) is 0.200. The fourth-order valence-electron chi connectivity index (χ4n) is 5.86. The number of amides is 1. The second-order valence-corrected chi connectivity index (χ2v) is 11.9. The number of cyclic esters (lactones) is 1. The zero-order chi connectivity index (χ0) is 34.4. The first-order chi connectivity index (χ1) is 23.7. The Morgan fingerprint density at radius 2 is 1.39 bits per heavy atom. The van der Waals surface area contributed by atoms with Crippen LogP contribution in [0.3, 0.4) is 0 Å². The van der Waals surface area contributed by atoms with Crippen molar-refractivity contribution in [3.63, 3.8) is 0 Å². The molecule has 49 heavy (non-hydrogen) atoms. The molecule has 9 heteroatoms. The topological polar surface area (TPSA) is 65.1 Å². The lowest BCUT2D eigenvalue weighted by molar-refractivity contribution is -0.144. The molecular weight excluding hydrogens is 631 g/mol. The van der Waals surface area contributed by atoms with Crippen LogP contribution in [-0.4, -0.2) is 23.0 Å². The van der Waals surface area contributed by atoms with Crippen molar-refractivity contribution in [2.24, 2.45) is 0 Å². The quantitative estimate of drug-likeness (QED) is 0.132. The number of hydrogen-bond donors (Lipinski definition) is 0. The molecule has 0 aromatic heterocycles. The van der Waals surface area contributed by atoms with Crippen LogP contribution < -0.4 is 4.74 Å². The van der Waals surface area contributed by atoms with Gasteiger partial charge in [0.15, 0.2) is 0 Å². The molecule has 250 valence electrons. The van der Waals surface area contributed by atoms with Crippen molar-refractivity contribution < 1.29 is 37.0 Å². The Morgan fingerprint density at radius 1 is 0.755 bits per heavy atom. The molecule has 1 aliphatic rings. The van der Waals surface area contributed by atoms with Crippen molar-refractivity contribution in [1.82, 2.24) is 4.90 Å². The highest BCUT2D eigenvalue weighted by Gasteiger charge is 2.40. The molecule has 5 aromatic carbocycles. The highest BCUT2D eigenvalue weighted by atomic mass is 19.4. The predicted octanol–water partition coefficient (Wildman–Crippen LogP) is 9.32. The van der Waals surface area contributed by atoms with E-state index in [1.807, 2.05) is 97.9 Å². The van der Waals surface area contributed by atoms with Gasteiger partial charge in [-0.3, -0.25) is 9.69 Å². The molecule has 2 unspecified atom stereocenters. The van der Waals surface area contributed by atoms with Gasteiger partial charge in [0.2, 0.25) is 0 Å². The molecule has 1 amide bonds. The molecule has 5 aromatic rings. The van der Waals surface area contributed by atoms with E-state index in [9.17, 15) is 22.8 Å². The first kappa shape index (κ1) is 33.3. The van der Waals surface area contributed by atoms with E-state index in [-0.39, 0.29) is 31.7 Å². The number of esters is 1. The van der Waals surface area contributed by atoms with E-state index in [1.54, 1.807) is 18.2 Å². The van der Waals surface area contributed by atoms with Crippen molar-refractivity contribution in [2.75, 3.05) is 0 Å². The van der Waals surface area contributed by atoms with Crippen molar-refractivity contribution in [2.45, 2.75) is 51.4 Å². The summed E-state index contributed by atoms with van der Waals surface area (Å²) in [7, 11) is 0. The smallest absolute Gasteiger partial charge is 0.416 e. The molecule has 1 fully saturated rings. The van der Waals surface area contributed by atoms with E-state index >= 15 is 0 Å². The number of ether oxygens (including phenoxy) is 3.